The first-order valence-electron chi connectivity index (χ1n) is 4.47. The second-order valence-corrected chi connectivity index (χ2v) is 5.27. The predicted octanol–water partition coefficient (Wildman–Crippen LogP) is 0.189. The van der Waals surface area contributed by atoms with Crippen molar-refractivity contribution in [2.75, 3.05) is 18.8 Å². The van der Waals surface area contributed by atoms with Gasteiger partial charge in [-0.2, -0.15) is 12.7 Å². The Morgan fingerprint density at radius 3 is 2.19 bits per heavy atom. The molecule has 0 unspecified atom stereocenters. The van der Waals surface area contributed by atoms with E-state index in [0.717, 1.165) is 4.31 Å². The van der Waals surface area contributed by atoms with Gasteiger partial charge in [-0.15, -0.1) is 0 Å². The molecule has 0 saturated heterocycles. The topological polar surface area (TPSA) is 99.3 Å². The van der Waals surface area contributed by atoms with Gasteiger partial charge < -0.3 is 5.73 Å². The van der Waals surface area contributed by atoms with Crippen molar-refractivity contribution in [1.82, 2.24) is 4.31 Å². The normalized spacial score (nSPS) is 11.4. The lowest BCUT2D eigenvalue weighted by Crippen LogP contribution is -2.28. The highest BCUT2D eigenvalue weighted by Gasteiger charge is 2.12. The third-order valence-electron chi connectivity index (χ3n) is 1.92. The van der Waals surface area contributed by atoms with Crippen molar-refractivity contribution < 1.29 is 8.42 Å². The molecule has 0 atom stereocenters. The molecule has 7 heteroatoms. The lowest BCUT2D eigenvalue weighted by Gasteiger charge is -2.13. The van der Waals surface area contributed by atoms with Gasteiger partial charge in [-0.1, -0.05) is 0 Å². The number of nitrogen functional groups attached to an aromatic ring is 1. The Morgan fingerprint density at radius 2 is 1.81 bits per heavy atom. The minimum Gasteiger partial charge on any atom is -0.384 e. The van der Waals surface area contributed by atoms with Gasteiger partial charge in [-0.05, 0) is 24.3 Å². The number of amidine groups is 1. The van der Waals surface area contributed by atoms with E-state index < -0.39 is 10.2 Å². The molecule has 1 rings (SSSR count). The number of nitrogens with one attached hydrogen (secondary N) is 2. The van der Waals surface area contributed by atoms with Crippen LogP contribution in [-0.2, 0) is 10.2 Å². The molecule has 4 N–H and O–H groups in total. The van der Waals surface area contributed by atoms with E-state index in [9.17, 15) is 8.42 Å². The first-order valence-corrected chi connectivity index (χ1v) is 5.91. The van der Waals surface area contributed by atoms with Gasteiger partial charge in [0.05, 0.1) is 0 Å². The molecule has 0 saturated carbocycles. The van der Waals surface area contributed by atoms with Crippen LogP contribution in [0.2, 0.25) is 0 Å². The molecule has 16 heavy (non-hydrogen) atoms. The summed E-state index contributed by atoms with van der Waals surface area (Å²) in [5, 5.41) is 7.18. The molecule has 6 nitrogen and oxygen atoms in total. The van der Waals surface area contributed by atoms with Crippen LogP contribution in [0.3, 0.4) is 0 Å². The van der Waals surface area contributed by atoms with Crippen molar-refractivity contribution in [3.63, 3.8) is 0 Å². The third-order valence-corrected chi connectivity index (χ3v) is 3.38. The second-order valence-electron chi connectivity index (χ2n) is 3.38. The van der Waals surface area contributed by atoms with E-state index in [1.165, 1.54) is 14.1 Å². The van der Waals surface area contributed by atoms with Crippen molar-refractivity contribution in [3.8, 4) is 0 Å². The van der Waals surface area contributed by atoms with Crippen molar-refractivity contribution in [2.24, 2.45) is 5.73 Å². The van der Waals surface area contributed by atoms with Gasteiger partial charge in [-0.25, -0.2) is 0 Å². The molecule has 0 heterocycles. The van der Waals surface area contributed by atoms with Gasteiger partial charge in [-0.3, -0.25) is 10.1 Å². The van der Waals surface area contributed by atoms with Gasteiger partial charge in [0.25, 0.3) is 0 Å². The molecule has 0 fully saturated rings. The van der Waals surface area contributed by atoms with Crippen LogP contribution in [0, 0.1) is 5.41 Å². The number of hydrogen-bond donors (Lipinski definition) is 3. The molecule has 0 aromatic heterocycles. The average molecular weight is 242 g/mol. The van der Waals surface area contributed by atoms with E-state index >= 15 is 0 Å². The lowest BCUT2D eigenvalue weighted by atomic mass is 10.2. The van der Waals surface area contributed by atoms with Crippen molar-refractivity contribution >= 4 is 21.7 Å². The molecule has 0 aliphatic carbocycles. The largest absolute Gasteiger partial charge is 0.384 e. The zero-order valence-corrected chi connectivity index (χ0v) is 9.88. The standard InChI is InChI=1S/C9H14N4O2S/c1-13(2)16(14,15)12-8-5-3-7(4-6-8)9(10)11/h3-6,12H,1-2H3,(H3,10,11). The van der Waals surface area contributed by atoms with E-state index in [1.807, 2.05) is 0 Å². The number of benzene rings is 1. The first-order chi connectivity index (χ1) is 7.33. The summed E-state index contributed by atoms with van der Waals surface area (Å²) in [7, 11) is -0.612. The zero-order chi connectivity index (χ0) is 12.3. The molecule has 0 spiro atoms. The first kappa shape index (κ1) is 12.5. The van der Waals surface area contributed by atoms with Gasteiger partial charge in [0.15, 0.2) is 0 Å². The summed E-state index contributed by atoms with van der Waals surface area (Å²) in [4.78, 5) is 0. The highest BCUT2D eigenvalue weighted by molar-refractivity contribution is 7.90. The Balaban J connectivity index is 2.89. The molecular weight excluding hydrogens is 228 g/mol. The van der Waals surface area contributed by atoms with Crippen molar-refractivity contribution in [3.05, 3.63) is 29.8 Å². The third kappa shape index (κ3) is 2.94. The van der Waals surface area contributed by atoms with Gasteiger partial charge in [0, 0.05) is 25.3 Å². The van der Waals surface area contributed by atoms with Crippen molar-refractivity contribution in [2.45, 2.75) is 0 Å². The van der Waals surface area contributed by atoms with Crippen LogP contribution in [0.5, 0.6) is 0 Å². The fraction of sp³-hybridized carbons (Fsp3) is 0.222. The molecule has 1 aromatic carbocycles. The Hall–Kier alpha value is -1.60. The quantitative estimate of drug-likeness (QED) is 0.519. The number of rotatable bonds is 4. The molecule has 0 aliphatic rings. The molecule has 0 amide bonds. The summed E-state index contributed by atoms with van der Waals surface area (Å²) in [6, 6.07) is 6.27. The van der Waals surface area contributed by atoms with E-state index in [0.29, 0.717) is 11.3 Å². The van der Waals surface area contributed by atoms with Crippen LogP contribution in [0.1, 0.15) is 5.56 Å². The highest BCUT2D eigenvalue weighted by Crippen LogP contribution is 2.11. The zero-order valence-electron chi connectivity index (χ0n) is 9.06. The number of anilines is 1. The average Bonchev–Trinajstić information content (AvgIpc) is 2.17. The van der Waals surface area contributed by atoms with Crippen LogP contribution < -0.4 is 10.5 Å². The highest BCUT2D eigenvalue weighted by atomic mass is 32.2. The minimum absolute atomic E-state index is 0.0537. The van der Waals surface area contributed by atoms with Gasteiger partial charge >= 0.3 is 10.2 Å². The van der Waals surface area contributed by atoms with Crippen LogP contribution in [-0.4, -0.2) is 32.7 Å². The summed E-state index contributed by atoms with van der Waals surface area (Å²) < 4.78 is 26.4. The number of nitrogens with two attached hydrogens (primary N) is 1. The molecule has 0 radical (unpaired) electrons. The van der Waals surface area contributed by atoms with Crippen LogP contribution >= 0.6 is 0 Å². The SMILES string of the molecule is CN(C)S(=O)(=O)Nc1ccc(C(=N)N)cc1. The van der Waals surface area contributed by atoms with Gasteiger partial charge in [0.1, 0.15) is 5.84 Å². The monoisotopic (exact) mass is 242 g/mol. The summed E-state index contributed by atoms with van der Waals surface area (Å²) in [5.74, 6) is -0.0537. The Morgan fingerprint density at radius 1 is 1.31 bits per heavy atom. The minimum atomic E-state index is -3.49. The molecule has 0 bridgehead atoms. The Labute approximate surface area is 94.8 Å². The van der Waals surface area contributed by atoms with Gasteiger partial charge in [0.2, 0.25) is 0 Å². The summed E-state index contributed by atoms with van der Waals surface area (Å²) in [6.07, 6.45) is 0. The second kappa shape index (κ2) is 4.50. The molecular formula is C9H14N4O2S. The molecule has 0 aliphatic heterocycles. The summed E-state index contributed by atoms with van der Waals surface area (Å²) >= 11 is 0. The fourth-order valence-electron chi connectivity index (χ4n) is 0.958. The lowest BCUT2D eigenvalue weighted by molar-refractivity contribution is 0.527. The smallest absolute Gasteiger partial charge is 0.301 e. The molecule has 88 valence electrons. The van der Waals surface area contributed by atoms with E-state index in [4.69, 9.17) is 11.1 Å². The molecule has 1 aromatic rings. The maximum Gasteiger partial charge on any atom is 0.301 e. The van der Waals surface area contributed by atoms with Crippen LogP contribution in [0.4, 0.5) is 5.69 Å². The van der Waals surface area contributed by atoms with Crippen LogP contribution in [0.15, 0.2) is 24.3 Å². The van der Waals surface area contributed by atoms with Crippen molar-refractivity contribution in [1.29, 1.82) is 5.41 Å². The summed E-state index contributed by atoms with van der Waals surface area (Å²) in [5.41, 5.74) is 6.25. The van der Waals surface area contributed by atoms with E-state index in [-0.39, 0.29) is 5.84 Å². The fourth-order valence-corrected chi connectivity index (χ4v) is 1.57. The Bertz CT molecular complexity index is 479. The summed E-state index contributed by atoms with van der Waals surface area (Å²) in [6.45, 7) is 0. The predicted molar refractivity (Wildman–Crippen MR) is 63.7 cm³/mol. The Kier molecular flexibility index (Phi) is 3.51. The maximum absolute atomic E-state index is 11.5. The van der Waals surface area contributed by atoms with Crippen LogP contribution in [0.25, 0.3) is 0 Å². The maximum atomic E-state index is 11.5. The van der Waals surface area contributed by atoms with E-state index in [2.05, 4.69) is 4.72 Å². The number of hydrogen-bond acceptors (Lipinski definition) is 3. The number of nitrogens with zero attached hydrogens (tertiary/aromatic N) is 1. The van der Waals surface area contributed by atoms with E-state index in [1.54, 1.807) is 24.3 Å².